The van der Waals surface area contributed by atoms with Crippen LogP contribution in [0.25, 0.3) is 0 Å². The number of carbonyl (C=O) groups is 2. The number of hydrogen-bond donors (Lipinski definition) is 0. The molecule has 0 saturated carbocycles. The predicted octanol–water partition coefficient (Wildman–Crippen LogP) is -0.318. The molecular weight excluding hydrogens is 224 g/mol. The number of carbonyl (C=O) groups excluding carboxylic acids is 2. The average Bonchev–Trinajstić information content (AvgIpc) is 2.01. The number of halogens is 1. The van der Waals surface area contributed by atoms with E-state index in [2.05, 4.69) is 15.9 Å². The maximum absolute atomic E-state index is 11.3. The molecule has 1 aliphatic heterocycles. The molecule has 4 nitrogen and oxygen atoms in total. The van der Waals surface area contributed by atoms with Crippen LogP contribution in [0, 0.1) is 0 Å². The number of alkyl halides is 1. The van der Waals surface area contributed by atoms with E-state index in [4.69, 9.17) is 0 Å². The van der Waals surface area contributed by atoms with Crippen molar-refractivity contribution in [3.05, 3.63) is 0 Å². The summed E-state index contributed by atoms with van der Waals surface area (Å²) in [5.74, 6) is 0.0344. The van der Waals surface area contributed by atoms with Crippen LogP contribution in [-0.4, -0.2) is 53.6 Å². The van der Waals surface area contributed by atoms with Crippen molar-refractivity contribution in [3.8, 4) is 0 Å². The number of amides is 2. The highest BCUT2D eigenvalue weighted by atomic mass is 79.9. The third-order valence-electron chi connectivity index (χ3n) is 1.83. The Morgan fingerprint density at radius 2 is 2.00 bits per heavy atom. The number of likely N-dealkylation sites (N-methyl/N-ethyl adjacent to an activating group) is 1. The quantitative estimate of drug-likeness (QED) is 0.615. The summed E-state index contributed by atoms with van der Waals surface area (Å²) in [4.78, 5) is 25.4. The van der Waals surface area contributed by atoms with E-state index >= 15 is 0 Å². The Kier molecular flexibility index (Phi) is 3.08. The summed E-state index contributed by atoms with van der Waals surface area (Å²) in [7, 11) is 1.64. The molecule has 0 unspecified atom stereocenters. The van der Waals surface area contributed by atoms with Gasteiger partial charge in [0, 0.05) is 18.9 Å². The predicted molar refractivity (Wildman–Crippen MR) is 48.0 cm³/mol. The Labute approximate surface area is 79.6 Å². The lowest BCUT2D eigenvalue weighted by atomic mass is 10.3. The molecule has 1 aliphatic rings. The van der Waals surface area contributed by atoms with Gasteiger partial charge in [0.15, 0.2) is 0 Å². The van der Waals surface area contributed by atoms with Gasteiger partial charge in [0.05, 0.1) is 13.1 Å². The van der Waals surface area contributed by atoms with Gasteiger partial charge in [-0.15, -0.1) is 0 Å². The monoisotopic (exact) mass is 234 g/mol. The van der Waals surface area contributed by atoms with E-state index < -0.39 is 0 Å². The normalized spacial score (nSPS) is 18.8. The molecule has 2 amide bonds. The summed E-state index contributed by atoms with van der Waals surface area (Å²) in [6, 6.07) is 0. The SMILES string of the molecule is CN1CC(=O)N(CCBr)CC1=O. The third kappa shape index (κ3) is 1.97. The fourth-order valence-corrected chi connectivity index (χ4v) is 1.50. The van der Waals surface area contributed by atoms with Crippen LogP contribution in [0.4, 0.5) is 0 Å². The second-order valence-corrected chi connectivity index (χ2v) is 3.55. The number of nitrogens with zero attached hydrogens (tertiary/aromatic N) is 2. The van der Waals surface area contributed by atoms with Gasteiger partial charge in [-0.3, -0.25) is 9.59 Å². The fraction of sp³-hybridized carbons (Fsp3) is 0.714. The summed E-state index contributed by atoms with van der Waals surface area (Å²) in [6.07, 6.45) is 0. The summed E-state index contributed by atoms with van der Waals surface area (Å²) in [5, 5.41) is 0.718. The summed E-state index contributed by atoms with van der Waals surface area (Å²) >= 11 is 3.23. The maximum Gasteiger partial charge on any atom is 0.242 e. The molecule has 0 aromatic carbocycles. The van der Waals surface area contributed by atoms with Crippen molar-refractivity contribution in [2.75, 3.05) is 32.0 Å². The minimum absolute atomic E-state index is 0.00977. The van der Waals surface area contributed by atoms with Crippen molar-refractivity contribution < 1.29 is 9.59 Å². The Balaban J connectivity index is 2.55. The Morgan fingerprint density at radius 3 is 2.58 bits per heavy atom. The van der Waals surface area contributed by atoms with Gasteiger partial charge in [-0.2, -0.15) is 0 Å². The summed E-state index contributed by atoms with van der Waals surface area (Å²) in [6.45, 7) is 1.05. The first kappa shape index (κ1) is 9.51. The van der Waals surface area contributed by atoms with E-state index in [-0.39, 0.29) is 24.9 Å². The van der Waals surface area contributed by atoms with Crippen LogP contribution >= 0.6 is 15.9 Å². The first-order valence-corrected chi connectivity index (χ1v) is 4.85. The van der Waals surface area contributed by atoms with Crippen molar-refractivity contribution >= 4 is 27.7 Å². The van der Waals surface area contributed by atoms with Crippen LogP contribution in [0.3, 0.4) is 0 Å². The Hall–Kier alpha value is -0.580. The molecule has 1 rings (SSSR count). The van der Waals surface area contributed by atoms with Crippen molar-refractivity contribution in [2.24, 2.45) is 0 Å². The van der Waals surface area contributed by atoms with Gasteiger partial charge < -0.3 is 9.80 Å². The largest absolute Gasteiger partial charge is 0.335 e. The van der Waals surface area contributed by atoms with E-state index in [0.29, 0.717) is 6.54 Å². The molecule has 0 radical (unpaired) electrons. The molecule has 0 aliphatic carbocycles. The molecule has 5 heteroatoms. The number of piperazine rings is 1. The van der Waals surface area contributed by atoms with Crippen LogP contribution in [0.15, 0.2) is 0 Å². The highest BCUT2D eigenvalue weighted by Crippen LogP contribution is 2.02. The van der Waals surface area contributed by atoms with Crippen LogP contribution in [0.5, 0.6) is 0 Å². The summed E-state index contributed by atoms with van der Waals surface area (Å²) < 4.78 is 0. The van der Waals surface area contributed by atoms with Crippen molar-refractivity contribution in [2.45, 2.75) is 0 Å². The van der Waals surface area contributed by atoms with E-state index in [1.54, 1.807) is 11.9 Å². The van der Waals surface area contributed by atoms with Gasteiger partial charge in [0.2, 0.25) is 11.8 Å². The smallest absolute Gasteiger partial charge is 0.242 e. The van der Waals surface area contributed by atoms with Crippen LogP contribution in [0.1, 0.15) is 0 Å². The molecule has 0 atom stereocenters. The molecule has 0 spiro atoms. The lowest BCUT2D eigenvalue weighted by Gasteiger charge is -2.31. The maximum atomic E-state index is 11.3. The van der Waals surface area contributed by atoms with E-state index in [9.17, 15) is 9.59 Å². The van der Waals surface area contributed by atoms with Gasteiger partial charge in [0.1, 0.15) is 0 Å². The summed E-state index contributed by atoms with van der Waals surface area (Å²) in [5.41, 5.74) is 0. The number of hydrogen-bond acceptors (Lipinski definition) is 2. The molecule has 1 heterocycles. The molecule has 0 aromatic rings. The number of rotatable bonds is 2. The molecule has 12 heavy (non-hydrogen) atoms. The second kappa shape index (κ2) is 3.89. The molecular formula is C7H11BrN2O2. The van der Waals surface area contributed by atoms with E-state index in [1.807, 2.05) is 0 Å². The average molecular weight is 235 g/mol. The lowest BCUT2D eigenvalue weighted by molar-refractivity contribution is -0.148. The second-order valence-electron chi connectivity index (χ2n) is 2.75. The Bertz CT molecular complexity index is 208. The zero-order chi connectivity index (χ0) is 9.14. The van der Waals surface area contributed by atoms with Gasteiger partial charge >= 0.3 is 0 Å². The van der Waals surface area contributed by atoms with Crippen molar-refractivity contribution in [1.82, 2.24) is 9.80 Å². The lowest BCUT2D eigenvalue weighted by Crippen LogP contribution is -2.52. The van der Waals surface area contributed by atoms with Crippen LogP contribution in [-0.2, 0) is 9.59 Å². The molecule has 0 N–H and O–H groups in total. The van der Waals surface area contributed by atoms with E-state index in [0.717, 1.165) is 5.33 Å². The zero-order valence-corrected chi connectivity index (χ0v) is 8.50. The van der Waals surface area contributed by atoms with Gasteiger partial charge in [0.25, 0.3) is 0 Å². The Morgan fingerprint density at radius 1 is 1.33 bits per heavy atom. The van der Waals surface area contributed by atoms with E-state index in [1.165, 1.54) is 4.90 Å². The molecule has 68 valence electrons. The highest BCUT2D eigenvalue weighted by Gasteiger charge is 2.26. The highest BCUT2D eigenvalue weighted by molar-refractivity contribution is 9.09. The zero-order valence-electron chi connectivity index (χ0n) is 6.92. The van der Waals surface area contributed by atoms with Gasteiger partial charge in [-0.25, -0.2) is 0 Å². The fourth-order valence-electron chi connectivity index (χ4n) is 1.07. The minimum Gasteiger partial charge on any atom is -0.335 e. The van der Waals surface area contributed by atoms with Crippen molar-refractivity contribution in [1.29, 1.82) is 0 Å². The third-order valence-corrected chi connectivity index (χ3v) is 2.19. The van der Waals surface area contributed by atoms with Gasteiger partial charge in [-0.05, 0) is 0 Å². The first-order valence-electron chi connectivity index (χ1n) is 3.73. The van der Waals surface area contributed by atoms with Gasteiger partial charge in [-0.1, -0.05) is 15.9 Å². The molecule has 1 fully saturated rings. The standard InChI is InChI=1S/C7H11BrN2O2/c1-9-4-7(12)10(3-2-8)5-6(9)11/h2-5H2,1H3. The molecule has 0 bridgehead atoms. The van der Waals surface area contributed by atoms with Crippen LogP contribution < -0.4 is 0 Å². The molecule has 0 aromatic heterocycles. The topological polar surface area (TPSA) is 40.6 Å². The van der Waals surface area contributed by atoms with Crippen LogP contribution in [0.2, 0.25) is 0 Å². The first-order chi connectivity index (χ1) is 5.65. The van der Waals surface area contributed by atoms with Crippen molar-refractivity contribution in [3.63, 3.8) is 0 Å². The minimum atomic E-state index is 0.00977. The molecule has 1 saturated heterocycles.